The summed E-state index contributed by atoms with van der Waals surface area (Å²) in [5.74, 6) is 0.0727. The third kappa shape index (κ3) is 6.68. The third-order valence-electron chi connectivity index (χ3n) is 1.95. The molecule has 2 atom stereocenters. The van der Waals surface area contributed by atoms with Crippen molar-refractivity contribution in [2.24, 2.45) is 5.92 Å². The van der Waals surface area contributed by atoms with E-state index in [1.807, 2.05) is 6.92 Å². The van der Waals surface area contributed by atoms with E-state index in [1.165, 1.54) is 6.92 Å². The monoisotopic (exact) mass is 248 g/mol. The van der Waals surface area contributed by atoms with Gasteiger partial charge in [-0.05, 0) is 5.92 Å². The van der Waals surface area contributed by atoms with Gasteiger partial charge in [0.05, 0.1) is 6.61 Å². The Morgan fingerprint density at radius 3 is 2.50 bits per heavy atom. The smallest absolute Gasteiger partial charge is 0.243 e. The molecule has 0 aromatic carbocycles. The van der Waals surface area contributed by atoms with Crippen molar-refractivity contribution in [2.45, 2.75) is 19.9 Å². The SMILES string of the molecule is COCC(C)CNC(=O)C(CS)NC(C)=O. The zero-order chi connectivity index (χ0) is 12.6. The van der Waals surface area contributed by atoms with E-state index in [0.29, 0.717) is 13.2 Å². The van der Waals surface area contributed by atoms with Gasteiger partial charge in [0.25, 0.3) is 0 Å². The quantitative estimate of drug-likeness (QED) is 0.548. The minimum absolute atomic E-state index is 0.215. The molecule has 0 rings (SSSR count). The molecule has 0 aliphatic heterocycles. The Kier molecular flexibility index (Phi) is 8.01. The largest absolute Gasteiger partial charge is 0.384 e. The van der Waals surface area contributed by atoms with Gasteiger partial charge < -0.3 is 15.4 Å². The molecule has 2 unspecified atom stereocenters. The number of carbonyl (C=O) groups is 2. The Hall–Kier alpha value is -0.750. The van der Waals surface area contributed by atoms with Gasteiger partial charge in [-0.2, -0.15) is 12.6 Å². The molecule has 0 radical (unpaired) electrons. The summed E-state index contributed by atoms with van der Waals surface area (Å²) in [6, 6.07) is -0.574. The molecule has 0 fully saturated rings. The second kappa shape index (κ2) is 8.41. The Bertz CT molecular complexity index is 236. The van der Waals surface area contributed by atoms with Crippen LogP contribution in [-0.4, -0.2) is 43.9 Å². The number of ether oxygens (including phenoxy) is 1. The van der Waals surface area contributed by atoms with E-state index in [2.05, 4.69) is 23.3 Å². The normalized spacial score (nSPS) is 14.0. The average Bonchev–Trinajstić information content (AvgIpc) is 2.22. The van der Waals surface area contributed by atoms with Crippen LogP contribution < -0.4 is 10.6 Å². The van der Waals surface area contributed by atoms with Crippen molar-refractivity contribution in [3.05, 3.63) is 0 Å². The number of hydrogen-bond donors (Lipinski definition) is 3. The standard InChI is InChI=1S/C10H20N2O3S/c1-7(5-15-3)4-11-10(14)9(6-16)12-8(2)13/h7,9,16H,4-6H2,1-3H3,(H,11,14)(H,12,13). The lowest BCUT2D eigenvalue weighted by Gasteiger charge is -2.17. The van der Waals surface area contributed by atoms with Crippen LogP contribution >= 0.6 is 12.6 Å². The number of rotatable bonds is 7. The van der Waals surface area contributed by atoms with Crippen molar-refractivity contribution in [2.75, 3.05) is 26.0 Å². The van der Waals surface area contributed by atoms with E-state index >= 15 is 0 Å². The summed E-state index contributed by atoms with van der Waals surface area (Å²) in [5, 5.41) is 5.27. The molecule has 0 saturated carbocycles. The van der Waals surface area contributed by atoms with Gasteiger partial charge >= 0.3 is 0 Å². The molecule has 2 amide bonds. The molecule has 0 aliphatic carbocycles. The molecule has 2 N–H and O–H groups in total. The molecule has 0 aromatic rings. The molecule has 0 spiro atoms. The van der Waals surface area contributed by atoms with E-state index in [0.717, 1.165) is 0 Å². The topological polar surface area (TPSA) is 67.4 Å². The summed E-state index contributed by atoms with van der Waals surface area (Å²) in [5.41, 5.74) is 0. The lowest BCUT2D eigenvalue weighted by molar-refractivity contribution is -0.127. The van der Waals surface area contributed by atoms with Crippen molar-refractivity contribution < 1.29 is 14.3 Å². The molecule has 16 heavy (non-hydrogen) atoms. The Morgan fingerprint density at radius 1 is 1.44 bits per heavy atom. The fourth-order valence-electron chi connectivity index (χ4n) is 1.18. The third-order valence-corrected chi connectivity index (χ3v) is 2.32. The highest BCUT2D eigenvalue weighted by Gasteiger charge is 2.17. The summed E-state index contributed by atoms with van der Waals surface area (Å²) in [4.78, 5) is 22.4. The van der Waals surface area contributed by atoms with Crippen molar-refractivity contribution in [3.8, 4) is 0 Å². The number of hydrogen-bond acceptors (Lipinski definition) is 4. The summed E-state index contributed by atoms with van der Waals surface area (Å²) < 4.78 is 4.95. The number of carbonyl (C=O) groups excluding carboxylic acids is 2. The van der Waals surface area contributed by atoms with Crippen LogP contribution in [0.1, 0.15) is 13.8 Å². The molecule has 0 heterocycles. The molecular weight excluding hydrogens is 228 g/mol. The molecule has 0 aliphatic rings. The van der Waals surface area contributed by atoms with Crippen LogP contribution in [-0.2, 0) is 14.3 Å². The number of thiol groups is 1. The summed E-state index contributed by atoms with van der Waals surface area (Å²) in [6.45, 7) is 4.46. The second-order valence-electron chi connectivity index (χ2n) is 3.74. The Labute approximate surface area is 102 Å². The molecule has 94 valence electrons. The first-order chi connectivity index (χ1) is 7.51. The van der Waals surface area contributed by atoms with Gasteiger partial charge in [-0.15, -0.1) is 0 Å². The van der Waals surface area contributed by atoms with Crippen LogP contribution in [0.25, 0.3) is 0 Å². The van der Waals surface area contributed by atoms with Gasteiger partial charge in [0, 0.05) is 26.3 Å². The van der Waals surface area contributed by atoms with E-state index < -0.39 is 6.04 Å². The maximum atomic E-state index is 11.6. The summed E-state index contributed by atoms with van der Waals surface area (Å²) in [6.07, 6.45) is 0. The van der Waals surface area contributed by atoms with Gasteiger partial charge in [-0.3, -0.25) is 9.59 Å². The van der Waals surface area contributed by atoms with Crippen molar-refractivity contribution in [3.63, 3.8) is 0 Å². The molecule has 0 aromatic heterocycles. The summed E-state index contributed by atoms with van der Waals surface area (Å²) >= 11 is 4.02. The van der Waals surface area contributed by atoms with Crippen LogP contribution in [0.15, 0.2) is 0 Å². The lowest BCUT2D eigenvalue weighted by Crippen LogP contribution is -2.48. The van der Waals surface area contributed by atoms with Gasteiger partial charge in [-0.1, -0.05) is 6.92 Å². The van der Waals surface area contributed by atoms with E-state index in [9.17, 15) is 9.59 Å². The number of methoxy groups -OCH3 is 1. The van der Waals surface area contributed by atoms with Gasteiger partial charge in [0.15, 0.2) is 0 Å². The van der Waals surface area contributed by atoms with Gasteiger partial charge in [0.2, 0.25) is 11.8 Å². The lowest BCUT2D eigenvalue weighted by atomic mass is 10.2. The van der Waals surface area contributed by atoms with Crippen LogP contribution in [0.3, 0.4) is 0 Å². The van der Waals surface area contributed by atoms with Crippen molar-refractivity contribution in [1.29, 1.82) is 0 Å². The first-order valence-corrected chi connectivity index (χ1v) is 5.79. The van der Waals surface area contributed by atoms with Crippen molar-refractivity contribution >= 4 is 24.4 Å². The Morgan fingerprint density at radius 2 is 2.06 bits per heavy atom. The van der Waals surface area contributed by atoms with E-state index in [1.54, 1.807) is 7.11 Å². The predicted octanol–water partition coefficient (Wildman–Crippen LogP) is -0.180. The van der Waals surface area contributed by atoms with Gasteiger partial charge in [0.1, 0.15) is 6.04 Å². The van der Waals surface area contributed by atoms with Crippen LogP contribution in [0.4, 0.5) is 0 Å². The fraction of sp³-hybridized carbons (Fsp3) is 0.800. The minimum atomic E-state index is -0.574. The fourth-order valence-corrected chi connectivity index (χ4v) is 1.44. The zero-order valence-corrected chi connectivity index (χ0v) is 10.8. The van der Waals surface area contributed by atoms with Crippen LogP contribution in [0, 0.1) is 5.92 Å². The average molecular weight is 248 g/mol. The zero-order valence-electron chi connectivity index (χ0n) is 9.95. The van der Waals surface area contributed by atoms with Gasteiger partial charge in [-0.25, -0.2) is 0 Å². The minimum Gasteiger partial charge on any atom is -0.384 e. The molecular formula is C10H20N2O3S. The maximum absolute atomic E-state index is 11.6. The van der Waals surface area contributed by atoms with E-state index in [-0.39, 0.29) is 23.5 Å². The highest BCUT2D eigenvalue weighted by molar-refractivity contribution is 7.80. The molecule has 0 saturated heterocycles. The number of nitrogens with one attached hydrogen (secondary N) is 2. The predicted molar refractivity (Wildman–Crippen MR) is 65.5 cm³/mol. The van der Waals surface area contributed by atoms with Crippen molar-refractivity contribution in [1.82, 2.24) is 10.6 Å². The number of amides is 2. The van der Waals surface area contributed by atoms with Crippen LogP contribution in [0.2, 0.25) is 0 Å². The van der Waals surface area contributed by atoms with Crippen LogP contribution in [0.5, 0.6) is 0 Å². The first-order valence-electron chi connectivity index (χ1n) is 5.15. The maximum Gasteiger partial charge on any atom is 0.243 e. The Balaban J connectivity index is 3.97. The highest BCUT2D eigenvalue weighted by atomic mass is 32.1. The molecule has 6 heteroatoms. The summed E-state index contributed by atoms with van der Waals surface area (Å²) in [7, 11) is 1.62. The highest BCUT2D eigenvalue weighted by Crippen LogP contribution is 1.94. The molecule has 5 nitrogen and oxygen atoms in total. The molecule has 0 bridgehead atoms. The van der Waals surface area contributed by atoms with E-state index in [4.69, 9.17) is 4.74 Å². The second-order valence-corrected chi connectivity index (χ2v) is 4.11. The first kappa shape index (κ1) is 15.2.